The molecule has 152 valence electrons. The van der Waals surface area contributed by atoms with E-state index in [-0.39, 0.29) is 41.6 Å². The van der Waals surface area contributed by atoms with E-state index in [0.29, 0.717) is 18.4 Å². The second kappa shape index (κ2) is 11.5. The first-order chi connectivity index (χ1) is 12.5. The third-order valence-electron chi connectivity index (χ3n) is 5.39. The van der Waals surface area contributed by atoms with Crippen LogP contribution < -0.4 is 16.4 Å². The van der Waals surface area contributed by atoms with Crippen molar-refractivity contribution >= 4 is 35.8 Å². The Bertz CT molecular complexity index is 611. The van der Waals surface area contributed by atoms with Gasteiger partial charge in [0.2, 0.25) is 5.91 Å². The summed E-state index contributed by atoms with van der Waals surface area (Å²) in [4.78, 5) is 16.5. The van der Waals surface area contributed by atoms with Gasteiger partial charge in [0.1, 0.15) is 5.82 Å². The lowest BCUT2D eigenvalue weighted by molar-refractivity contribution is -0.121. The van der Waals surface area contributed by atoms with E-state index in [0.717, 1.165) is 31.0 Å². The van der Waals surface area contributed by atoms with Gasteiger partial charge in [-0.25, -0.2) is 4.39 Å². The molecule has 1 aliphatic carbocycles. The highest BCUT2D eigenvalue weighted by atomic mass is 127. The van der Waals surface area contributed by atoms with Gasteiger partial charge in [0.25, 0.3) is 0 Å². The van der Waals surface area contributed by atoms with Gasteiger partial charge in [0.15, 0.2) is 5.96 Å². The number of benzene rings is 1. The van der Waals surface area contributed by atoms with Crippen molar-refractivity contribution in [3.8, 4) is 0 Å². The molecule has 2 rings (SSSR count). The van der Waals surface area contributed by atoms with Gasteiger partial charge >= 0.3 is 0 Å². The van der Waals surface area contributed by atoms with E-state index in [4.69, 9.17) is 10.7 Å². The molecule has 0 heterocycles. The van der Waals surface area contributed by atoms with E-state index in [1.165, 1.54) is 31.4 Å². The maximum absolute atomic E-state index is 13.0. The predicted molar refractivity (Wildman–Crippen MR) is 119 cm³/mol. The lowest BCUT2D eigenvalue weighted by Crippen LogP contribution is -2.44. The number of primary amides is 1. The molecule has 0 aliphatic heterocycles. The average molecular weight is 490 g/mol. The van der Waals surface area contributed by atoms with Crippen LogP contribution in [0.1, 0.15) is 45.1 Å². The first kappa shape index (κ1) is 23.7. The van der Waals surface area contributed by atoms with Gasteiger partial charge < -0.3 is 16.4 Å². The van der Waals surface area contributed by atoms with Crippen LogP contribution in [-0.2, 0) is 11.2 Å². The molecule has 1 amide bonds. The van der Waals surface area contributed by atoms with Gasteiger partial charge in [-0.3, -0.25) is 9.79 Å². The third-order valence-corrected chi connectivity index (χ3v) is 5.39. The van der Waals surface area contributed by atoms with Crippen molar-refractivity contribution < 1.29 is 9.18 Å². The summed E-state index contributed by atoms with van der Waals surface area (Å²) in [6.45, 7) is 6.20. The summed E-state index contributed by atoms with van der Waals surface area (Å²) in [5.74, 6) is -0.322. The molecule has 4 N–H and O–H groups in total. The number of amides is 1. The zero-order valence-corrected chi connectivity index (χ0v) is 18.6. The molecule has 0 bridgehead atoms. The van der Waals surface area contributed by atoms with Crippen LogP contribution in [0.3, 0.4) is 0 Å². The summed E-state index contributed by atoms with van der Waals surface area (Å²) in [5.41, 5.74) is 6.79. The topological polar surface area (TPSA) is 79.5 Å². The first-order valence-electron chi connectivity index (χ1n) is 9.54. The smallest absolute Gasteiger partial charge is 0.222 e. The molecule has 1 fully saturated rings. The largest absolute Gasteiger partial charge is 0.369 e. The third kappa shape index (κ3) is 7.27. The van der Waals surface area contributed by atoms with Crippen LogP contribution in [0.25, 0.3) is 0 Å². The second-order valence-corrected chi connectivity index (χ2v) is 7.21. The highest BCUT2D eigenvalue weighted by Crippen LogP contribution is 2.43. The van der Waals surface area contributed by atoms with E-state index in [2.05, 4.69) is 17.6 Å². The fraction of sp³-hybridized carbons (Fsp3) is 0.600. The fourth-order valence-corrected chi connectivity index (χ4v) is 3.29. The Morgan fingerprint density at radius 2 is 1.93 bits per heavy atom. The van der Waals surface area contributed by atoms with Crippen molar-refractivity contribution in [3.63, 3.8) is 0 Å². The second-order valence-electron chi connectivity index (χ2n) is 7.21. The Morgan fingerprint density at radius 3 is 2.41 bits per heavy atom. The van der Waals surface area contributed by atoms with Crippen molar-refractivity contribution in [2.24, 2.45) is 22.1 Å². The van der Waals surface area contributed by atoms with Crippen molar-refractivity contribution in [1.29, 1.82) is 0 Å². The number of hydrogen-bond acceptors (Lipinski definition) is 2. The summed E-state index contributed by atoms with van der Waals surface area (Å²) in [5, 5.41) is 6.47. The number of nitrogens with zero attached hydrogens (tertiary/aromatic N) is 1. The molecule has 1 saturated carbocycles. The molecule has 27 heavy (non-hydrogen) atoms. The van der Waals surface area contributed by atoms with Gasteiger partial charge in [-0.05, 0) is 55.7 Å². The van der Waals surface area contributed by atoms with Crippen LogP contribution in [0.2, 0.25) is 0 Å². The molecule has 0 spiro atoms. The summed E-state index contributed by atoms with van der Waals surface area (Å²) in [6.07, 6.45) is 5.38. The lowest BCUT2D eigenvalue weighted by Gasteiger charge is -2.40. The molecule has 0 radical (unpaired) electrons. The summed E-state index contributed by atoms with van der Waals surface area (Å²) < 4.78 is 13.0. The number of rotatable bonds is 9. The lowest BCUT2D eigenvalue weighted by atomic mass is 9.67. The van der Waals surface area contributed by atoms with Crippen LogP contribution in [0.5, 0.6) is 0 Å². The van der Waals surface area contributed by atoms with Crippen LogP contribution in [-0.4, -0.2) is 31.5 Å². The Balaban J connectivity index is 0.00000364. The number of guanidine groups is 1. The number of carbonyl (C=O) groups is 1. The maximum atomic E-state index is 13.0. The van der Waals surface area contributed by atoms with Gasteiger partial charge in [-0.2, -0.15) is 0 Å². The molecule has 1 aromatic carbocycles. The van der Waals surface area contributed by atoms with Gasteiger partial charge in [-0.15, -0.1) is 24.0 Å². The van der Waals surface area contributed by atoms with E-state index >= 15 is 0 Å². The molecule has 7 heteroatoms. The number of hydrogen-bond donors (Lipinski definition) is 3. The van der Waals surface area contributed by atoms with E-state index in [1.54, 1.807) is 12.1 Å². The summed E-state index contributed by atoms with van der Waals surface area (Å²) >= 11 is 0. The van der Waals surface area contributed by atoms with Gasteiger partial charge in [-0.1, -0.05) is 25.5 Å². The SMILES string of the molecule is CCNC(=NCC1(CC)CCC1)NCC(Cc1ccc(F)cc1)C(N)=O.I. The number of nitrogens with one attached hydrogen (secondary N) is 2. The quantitative estimate of drug-likeness (QED) is 0.283. The van der Waals surface area contributed by atoms with Crippen molar-refractivity contribution in [2.45, 2.75) is 46.0 Å². The van der Waals surface area contributed by atoms with Gasteiger partial charge in [0, 0.05) is 19.6 Å². The number of aliphatic imine (C=N–C) groups is 1. The van der Waals surface area contributed by atoms with Crippen LogP contribution >= 0.6 is 24.0 Å². The average Bonchev–Trinajstić information content (AvgIpc) is 2.59. The first-order valence-corrected chi connectivity index (χ1v) is 9.54. The maximum Gasteiger partial charge on any atom is 0.222 e. The molecule has 0 aromatic heterocycles. The highest BCUT2D eigenvalue weighted by molar-refractivity contribution is 14.0. The summed E-state index contributed by atoms with van der Waals surface area (Å²) in [7, 11) is 0. The van der Waals surface area contributed by atoms with Crippen molar-refractivity contribution in [2.75, 3.05) is 19.6 Å². The van der Waals surface area contributed by atoms with Gasteiger partial charge in [0.05, 0.1) is 5.92 Å². The standard InChI is InChI=1S/C20H31FN4O.HI/c1-3-20(10-5-11-20)14-25-19(23-4-2)24-13-16(18(22)26)12-15-6-8-17(21)9-7-15;/h6-9,16H,3-5,10-14H2,1-2H3,(H2,22,26)(H2,23,24,25);1H. The normalized spacial score (nSPS) is 16.6. The Morgan fingerprint density at radius 1 is 1.26 bits per heavy atom. The van der Waals surface area contributed by atoms with Crippen LogP contribution in [0, 0.1) is 17.2 Å². The minimum atomic E-state index is -0.381. The molecule has 1 unspecified atom stereocenters. The van der Waals surface area contributed by atoms with Crippen LogP contribution in [0.15, 0.2) is 29.3 Å². The monoisotopic (exact) mass is 490 g/mol. The molecule has 5 nitrogen and oxygen atoms in total. The highest BCUT2D eigenvalue weighted by Gasteiger charge is 2.34. The minimum absolute atomic E-state index is 0. The molecule has 1 aromatic rings. The zero-order valence-electron chi connectivity index (χ0n) is 16.3. The van der Waals surface area contributed by atoms with Crippen molar-refractivity contribution in [1.82, 2.24) is 10.6 Å². The summed E-state index contributed by atoms with van der Waals surface area (Å²) in [6, 6.07) is 6.17. The van der Waals surface area contributed by atoms with E-state index in [1.807, 2.05) is 6.92 Å². The molecular formula is C20H32FIN4O. The molecule has 0 saturated heterocycles. The number of nitrogens with two attached hydrogens (primary N) is 1. The van der Waals surface area contributed by atoms with E-state index < -0.39 is 0 Å². The Kier molecular flexibility index (Phi) is 10.0. The zero-order chi connectivity index (χ0) is 19.0. The minimum Gasteiger partial charge on any atom is -0.369 e. The van der Waals surface area contributed by atoms with Crippen LogP contribution in [0.4, 0.5) is 4.39 Å². The van der Waals surface area contributed by atoms with Crippen molar-refractivity contribution in [3.05, 3.63) is 35.6 Å². The number of halogens is 2. The molecule has 1 aliphatic rings. The predicted octanol–water partition coefficient (Wildman–Crippen LogP) is 3.22. The Hall–Kier alpha value is -1.38. The number of carbonyl (C=O) groups excluding carboxylic acids is 1. The molecule has 1 atom stereocenters. The Labute approximate surface area is 178 Å². The fourth-order valence-electron chi connectivity index (χ4n) is 3.29. The van der Waals surface area contributed by atoms with E-state index in [9.17, 15) is 9.18 Å². The molecular weight excluding hydrogens is 458 g/mol.